The van der Waals surface area contributed by atoms with Crippen LogP contribution >= 0.6 is 0 Å². The molecule has 0 saturated heterocycles. The SMILES string of the molecule is Cc1nc(CCNC2CCCC(C3CC3)C2)no1. The zero-order valence-electron chi connectivity index (χ0n) is 11.2. The van der Waals surface area contributed by atoms with Gasteiger partial charge < -0.3 is 9.84 Å². The zero-order valence-corrected chi connectivity index (χ0v) is 11.2. The third-order valence-corrected chi connectivity index (χ3v) is 4.35. The largest absolute Gasteiger partial charge is 0.340 e. The molecule has 2 aliphatic carbocycles. The Balaban J connectivity index is 1.39. The van der Waals surface area contributed by atoms with Crippen LogP contribution in [0.25, 0.3) is 0 Å². The van der Waals surface area contributed by atoms with E-state index in [-0.39, 0.29) is 0 Å². The molecule has 0 bridgehead atoms. The number of rotatable bonds is 5. The summed E-state index contributed by atoms with van der Waals surface area (Å²) < 4.78 is 4.97. The summed E-state index contributed by atoms with van der Waals surface area (Å²) in [4.78, 5) is 4.23. The third-order valence-electron chi connectivity index (χ3n) is 4.35. The fraction of sp³-hybridized carbons (Fsp3) is 0.857. The molecule has 3 rings (SSSR count). The van der Waals surface area contributed by atoms with Crippen LogP contribution < -0.4 is 5.32 Å². The van der Waals surface area contributed by atoms with E-state index < -0.39 is 0 Å². The highest BCUT2D eigenvalue weighted by atomic mass is 16.5. The van der Waals surface area contributed by atoms with Crippen LogP contribution in [0.3, 0.4) is 0 Å². The monoisotopic (exact) mass is 249 g/mol. The first kappa shape index (κ1) is 12.2. The first-order chi connectivity index (χ1) is 8.81. The zero-order chi connectivity index (χ0) is 12.4. The molecule has 2 aliphatic rings. The highest BCUT2D eigenvalue weighted by Gasteiger charge is 2.34. The molecule has 1 aromatic heterocycles. The van der Waals surface area contributed by atoms with Crippen LogP contribution in [-0.4, -0.2) is 22.7 Å². The Morgan fingerprint density at radius 1 is 1.22 bits per heavy atom. The second-order valence-electron chi connectivity index (χ2n) is 5.89. The van der Waals surface area contributed by atoms with E-state index in [1.54, 1.807) is 0 Å². The van der Waals surface area contributed by atoms with E-state index in [9.17, 15) is 0 Å². The number of aryl methyl sites for hydroxylation is 1. The number of nitrogens with one attached hydrogen (secondary N) is 1. The van der Waals surface area contributed by atoms with Crippen molar-refractivity contribution in [2.45, 2.75) is 57.9 Å². The summed E-state index contributed by atoms with van der Waals surface area (Å²) in [5.74, 6) is 3.56. The lowest BCUT2D eigenvalue weighted by molar-refractivity contribution is 0.261. The van der Waals surface area contributed by atoms with Crippen LogP contribution in [-0.2, 0) is 6.42 Å². The fourth-order valence-corrected chi connectivity index (χ4v) is 3.24. The third kappa shape index (κ3) is 3.10. The minimum Gasteiger partial charge on any atom is -0.340 e. The molecule has 4 nitrogen and oxygen atoms in total. The van der Waals surface area contributed by atoms with Gasteiger partial charge in [0.2, 0.25) is 5.89 Å². The van der Waals surface area contributed by atoms with Gasteiger partial charge in [-0.1, -0.05) is 18.0 Å². The van der Waals surface area contributed by atoms with E-state index in [0.29, 0.717) is 5.89 Å². The number of nitrogens with zero attached hydrogens (tertiary/aromatic N) is 2. The van der Waals surface area contributed by atoms with Gasteiger partial charge in [0.05, 0.1) is 0 Å². The van der Waals surface area contributed by atoms with Crippen molar-refractivity contribution in [3.63, 3.8) is 0 Å². The quantitative estimate of drug-likeness (QED) is 0.871. The van der Waals surface area contributed by atoms with E-state index >= 15 is 0 Å². The van der Waals surface area contributed by atoms with Crippen molar-refractivity contribution >= 4 is 0 Å². The van der Waals surface area contributed by atoms with Crippen molar-refractivity contribution in [1.82, 2.24) is 15.5 Å². The Hall–Kier alpha value is -0.900. The summed E-state index contributed by atoms with van der Waals surface area (Å²) in [5.41, 5.74) is 0. The van der Waals surface area contributed by atoms with Gasteiger partial charge in [0.15, 0.2) is 5.82 Å². The minimum absolute atomic E-state index is 0.663. The van der Waals surface area contributed by atoms with Crippen molar-refractivity contribution in [1.29, 1.82) is 0 Å². The molecule has 100 valence electrons. The smallest absolute Gasteiger partial charge is 0.223 e. The molecular formula is C14H23N3O. The van der Waals surface area contributed by atoms with Crippen molar-refractivity contribution in [3.05, 3.63) is 11.7 Å². The summed E-state index contributed by atoms with van der Waals surface area (Å²) in [7, 11) is 0. The summed E-state index contributed by atoms with van der Waals surface area (Å²) in [6, 6.07) is 0.720. The predicted molar refractivity (Wildman–Crippen MR) is 69.2 cm³/mol. The standard InChI is InChI=1S/C14H23N3O/c1-10-16-14(17-18-10)7-8-15-13-4-2-3-12(9-13)11-5-6-11/h11-13,15H,2-9H2,1H3. The minimum atomic E-state index is 0.663. The average molecular weight is 249 g/mol. The maximum absolute atomic E-state index is 4.97. The highest BCUT2D eigenvalue weighted by Crippen LogP contribution is 2.43. The van der Waals surface area contributed by atoms with Crippen LogP contribution in [0.2, 0.25) is 0 Å². The lowest BCUT2D eigenvalue weighted by Crippen LogP contribution is -2.36. The Kier molecular flexibility index (Phi) is 3.64. The van der Waals surface area contributed by atoms with Crippen molar-refractivity contribution in [2.75, 3.05) is 6.54 Å². The molecule has 2 fully saturated rings. The predicted octanol–water partition coefficient (Wildman–Crippen LogP) is 2.48. The van der Waals surface area contributed by atoms with Gasteiger partial charge in [0.25, 0.3) is 0 Å². The van der Waals surface area contributed by atoms with Gasteiger partial charge in [-0.2, -0.15) is 4.98 Å². The van der Waals surface area contributed by atoms with Crippen molar-refractivity contribution < 1.29 is 4.52 Å². The molecule has 1 aromatic rings. The molecule has 2 unspecified atom stereocenters. The molecule has 2 atom stereocenters. The molecule has 4 heteroatoms. The number of aromatic nitrogens is 2. The molecule has 0 spiro atoms. The first-order valence-corrected chi connectivity index (χ1v) is 7.34. The van der Waals surface area contributed by atoms with Crippen molar-refractivity contribution in [3.8, 4) is 0 Å². The lowest BCUT2D eigenvalue weighted by Gasteiger charge is -2.29. The maximum Gasteiger partial charge on any atom is 0.223 e. The van der Waals surface area contributed by atoms with Crippen LogP contribution in [0, 0.1) is 18.8 Å². The Labute approximate surface area is 109 Å². The molecule has 0 aliphatic heterocycles. The summed E-state index contributed by atoms with van der Waals surface area (Å²) in [6.45, 7) is 2.81. The Bertz CT molecular complexity index is 386. The highest BCUT2D eigenvalue weighted by molar-refractivity contribution is 4.89. The van der Waals surface area contributed by atoms with Gasteiger partial charge in [-0.05, 0) is 37.5 Å². The average Bonchev–Trinajstić information content (AvgIpc) is 3.14. The van der Waals surface area contributed by atoms with Crippen molar-refractivity contribution in [2.24, 2.45) is 11.8 Å². The van der Waals surface area contributed by atoms with E-state index in [1.807, 2.05) is 6.92 Å². The van der Waals surface area contributed by atoms with Gasteiger partial charge in [0.1, 0.15) is 0 Å². The lowest BCUT2D eigenvalue weighted by atomic mass is 9.83. The van der Waals surface area contributed by atoms with Crippen LogP contribution in [0.5, 0.6) is 0 Å². The topological polar surface area (TPSA) is 51.0 Å². The molecule has 2 saturated carbocycles. The van der Waals surface area contributed by atoms with E-state index in [1.165, 1.54) is 38.5 Å². The normalized spacial score (nSPS) is 28.5. The Morgan fingerprint density at radius 2 is 2.11 bits per heavy atom. The summed E-state index contributed by atoms with van der Waals surface area (Å²) >= 11 is 0. The van der Waals surface area contributed by atoms with Crippen LogP contribution in [0.15, 0.2) is 4.52 Å². The number of hydrogen-bond acceptors (Lipinski definition) is 4. The van der Waals surface area contributed by atoms with Gasteiger partial charge in [0, 0.05) is 25.9 Å². The molecule has 0 amide bonds. The maximum atomic E-state index is 4.97. The van der Waals surface area contributed by atoms with Gasteiger partial charge >= 0.3 is 0 Å². The molecule has 1 heterocycles. The fourth-order valence-electron chi connectivity index (χ4n) is 3.24. The molecule has 18 heavy (non-hydrogen) atoms. The first-order valence-electron chi connectivity index (χ1n) is 7.34. The summed E-state index contributed by atoms with van der Waals surface area (Å²) in [5, 5.41) is 7.60. The molecule has 0 radical (unpaired) electrons. The van der Waals surface area contributed by atoms with Crippen LogP contribution in [0.1, 0.15) is 50.2 Å². The Morgan fingerprint density at radius 3 is 2.83 bits per heavy atom. The van der Waals surface area contributed by atoms with E-state index in [4.69, 9.17) is 4.52 Å². The van der Waals surface area contributed by atoms with Gasteiger partial charge in [-0.25, -0.2) is 0 Å². The van der Waals surface area contributed by atoms with Gasteiger partial charge in [-0.15, -0.1) is 0 Å². The molecular weight excluding hydrogens is 226 g/mol. The van der Waals surface area contributed by atoms with Crippen LogP contribution in [0.4, 0.5) is 0 Å². The van der Waals surface area contributed by atoms with Gasteiger partial charge in [-0.3, -0.25) is 0 Å². The van der Waals surface area contributed by atoms with E-state index in [0.717, 1.165) is 36.7 Å². The van der Waals surface area contributed by atoms with E-state index in [2.05, 4.69) is 15.5 Å². The summed E-state index contributed by atoms with van der Waals surface area (Å²) in [6.07, 6.45) is 9.44. The molecule has 0 aromatic carbocycles. The second-order valence-corrected chi connectivity index (χ2v) is 5.89. The number of hydrogen-bond donors (Lipinski definition) is 1. The second kappa shape index (κ2) is 5.39. The molecule has 1 N–H and O–H groups in total.